The van der Waals surface area contributed by atoms with E-state index in [1.54, 1.807) is 30.3 Å². The Morgan fingerprint density at radius 2 is 1.74 bits per heavy atom. The van der Waals surface area contributed by atoms with E-state index in [0.717, 1.165) is 44.1 Å². The summed E-state index contributed by atoms with van der Waals surface area (Å²) in [6.45, 7) is 11.0. The van der Waals surface area contributed by atoms with E-state index in [1.165, 1.54) is 30.4 Å². The van der Waals surface area contributed by atoms with Gasteiger partial charge in [-0.15, -0.1) is 0 Å². The molecule has 0 radical (unpaired) electrons. The second-order valence-corrected chi connectivity index (χ2v) is 24.6. The van der Waals surface area contributed by atoms with Gasteiger partial charge in [0.15, 0.2) is 5.75 Å². The molecule has 392 valence electrons. The highest BCUT2D eigenvalue weighted by Crippen LogP contribution is 2.53. The number of ether oxygens (including phenoxy) is 2. The van der Waals surface area contributed by atoms with Gasteiger partial charge in [-0.05, 0) is 106 Å². The molecule has 5 heterocycles. The highest BCUT2D eigenvalue weighted by molar-refractivity contribution is 7.90. The first kappa shape index (κ1) is 51.9. The van der Waals surface area contributed by atoms with Crippen molar-refractivity contribution in [1.29, 1.82) is 0 Å². The number of aromatic amines is 1. The number of carbonyl (C=O) groups excluding carboxylic acids is 1. The molecule has 0 unspecified atom stereocenters. The van der Waals surface area contributed by atoms with Crippen molar-refractivity contribution in [2.45, 2.75) is 108 Å². The summed E-state index contributed by atoms with van der Waals surface area (Å²) >= 11 is 0. The fourth-order valence-electron chi connectivity index (χ4n) is 11.2. The van der Waals surface area contributed by atoms with Crippen molar-refractivity contribution in [2.24, 2.45) is 11.3 Å². The molecule has 4 aliphatic rings. The van der Waals surface area contributed by atoms with Crippen LogP contribution < -0.4 is 24.4 Å². The van der Waals surface area contributed by atoms with Crippen LogP contribution in [0.25, 0.3) is 11.0 Å². The van der Waals surface area contributed by atoms with Crippen molar-refractivity contribution in [2.75, 3.05) is 62.3 Å². The maximum atomic E-state index is 14.9. The Morgan fingerprint density at radius 3 is 2.42 bits per heavy atom. The second-order valence-electron chi connectivity index (χ2n) is 20.7. The van der Waals surface area contributed by atoms with E-state index in [4.69, 9.17) is 9.47 Å². The van der Waals surface area contributed by atoms with Crippen LogP contribution in [0.4, 0.5) is 21.6 Å². The van der Waals surface area contributed by atoms with Crippen LogP contribution >= 0.6 is 0 Å². The molecule has 1 spiro atoms. The monoisotopic (exact) mass is 1050 g/mol. The fraction of sp³-hybridized carbons (Fsp3) is 0.510. The van der Waals surface area contributed by atoms with Crippen molar-refractivity contribution < 1.29 is 45.5 Å². The van der Waals surface area contributed by atoms with Crippen molar-refractivity contribution in [3.05, 3.63) is 99.6 Å². The second kappa shape index (κ2) is 20.4. The number of pyridine rings is 2. The van der Waals surface area contributed by atoms with Crippen LogP contribution in [0, 0.1) is 27.3 Å². The lowest BCUT2D eigenvalue weighted by atomic mass is 9.59. The maximum absolute atomic E-state index is 14.9. The lowest BCUT2D eigenvalue weighted by molar-refractivity contribution is -0.384. The first-order valence-electron chi connectivity index (χ1n) is 25.0. The van der Waals surface area contributed by atoms with Crippen LogP contribution in [0.5, 0.6) is 17.4 Å². The normalized spacial score (nSPS) is 22.1. The largest absolute Gasteiger partial charge is 0.478 e. The van der Waals surface area contributed by atoms with Crippen LogP contribution in [0.15, 0.2) is 71.9 Å². The van der Waals surface area contributed by atoms with Gasteiger partial charge in [0.05, 0.1) is 40.5 Å². The third-order valence-electron chi connectivity index (χ3n) is 15.6. The highest BCUT2D eigenvalue weighted by atomic mass is 32.2. The number of nitro groups is 1. The summed E-state index contributed by atoms with van der Waals surface area (Å²) in [5, 5.41) is 25.6. The minimum Gasteiger partial charge on any atom is -0.478 e. The molecule has 1 atom stereocenters. The maximum Gasteiger partial charge on any atom is 0.312 e. The van der Waals surface area contributed by atoms with Crippen molar-refractivity contribution in [1.82, 2.24) is 28.9 Å². The first-order chi connectivity index (χ1) is 34.7. The highest BCUT2D eigenvalue weighted by Gasteiger charge is 2.51. The van der Waals surface area contributed by atoms with E-state index in [1.807, 2.05) is 16.9 Å². The molecule has 19 nitrogen and oxygen atoms in total. The zero-order valence-corrected chi connectivity index (χ0v) is 43.4. The van der Waals surface area contributed by atoms with Gasteiger partial charge in [0.1, 0.15) is 22.1 Å². The fourth-order valence-corrected chi connectivity index (χ4v) is 13.2. The van der Waals surface area contributed by atoms with Crippen molar-refractivity contribution >= 4 is 54.2 Å². The molecule has 2 aliphatic heterocycles. The lowest BCUT2D eigenvalue weighted by Gasteiger charge is -2.58. The molecule has 0 bridgehead atoms. The van der Waals surface area contributed by atoms with E-state index in [-0.39, 0.29) is 74.9 Å². The van der Waals surface area contributed by atoms with Crippen LogP contribution in [0.3, 0.4) is 0 Å². The number of H-pyrrole nitrogens is 1. The summed E-state index contributed by atoms with van der Waals surface area (Å²) in [5.74, 6) is -1.57. The Labute approximate surface area is 425 Å². The summed E-state index contributed by atoms with van der Waals surface area (Å²) < 4.78 is 84.4. The number of hydrogen-bond donors (Lipinski definition) is 4. The number of aliphatic hydroxyl groups is 1. The summed E-state index contributed by atoms with van der Waals surface area (Å²) in [6.07, 6.45) is 8.32. The van der Waals surface area contributed by atoms with Crippen molar-refractivity contribution in [3.8, 4) is 17.4 Å². The summed E-state index contributed by atoms with van der Waals surface area (Å²) in [4.78, 5) is 40.8. The molecule has 73 heavy (non-hydrogen) atoms. The molecule has 5 aromatic rings. The number of anilines is 2. The quantitative estimate of drug-likeness (QED) is 0.0543. The number of rotatable bonds is 16. The van der Waals surface area contributed by atoms with Gasteiger partial charge in [0, 0.05) is 81.4 Å². The number of benzene rings is 2. The van der Waals surface area contributed by atoms with Gasteiger partial charge in [-0.25, -0.2) is 30.9 Å². The molecular weight excluding hydrogens is 982 g/mol. The van der Waals surface area contributed by atoms with E-state index >= 15 is 0 Å². The minimum absolute atomic E-state index is 0.0380. The van der Waals surface area contributed by atoms with Crippen LogP contribution in [0.1, 0.15) is 113 Å². The van der Waals surface area contributed by atoms with Gasteiger partial charge in [-0.3, -0.25) is 19.8 Å². The third kappa shape index (κ3) is 10.9. The summed E-state index contributed by atoms with van der Waals surface area (Å²) in [5.41, 5.74) is 1.78. The molecule has 2 aliphatic carbocycles. The van der Waals surface area contributed by atoms with Gasteiger partial charge in [-0.1, -0.05) is 38.1 Å². The molecule has 2 saturated heterocycles. The predicted molar refractivity (Wildman–Crippen MR) is 274 cm³/mol. The van der Waals surface area contributed by atoms with Gasteiger partial charge >= 0.3 is 5.69 Å². The van der Waals surface area contributed by atoms with E-state index in [2.05, 4.69) is 56.0 Å². The molecule has 9 rings (SSSR count). The first-order valence-corrected chi connectivity index (χ1v) is 28.1. The summed E-state index contributed by atoms with van der Waals surface area (Å²) in [7, 11) is -6.79. The van der Waals surface area contributed by atoms with E-state index < -0.39 is 52.9 Å². The number of methoxy groups -OCH3 is 1. The molecular formula is C51H64FN9O10S2. The zero-order chi connectivity index (χ0) is 52.0. The minimum atomic E-state index is -4.76. The number of piperidine rings is 1. The molecule has 2 aromatic carbocycles. The molecule has 1 amide bonds. The molecule has 22 heteroatoms. The Kier molecular flexibility index (Phi) is 14.5. The van der Waals surface area contributed by atoms with Crippen molar-refractivity contribution in [3.63, 3.8) is 0 Å². The molecule has 4 N–H and O–H groups in total. The van der Waals surface area contributed by atoms with Crippen LogP contribution in [0.2, 0.25) is 0 Å². The van der Waals surface area contributed by atoms with E-state index in [9.17, 15) is 41.2 Å². The Hall–Kier alpha value is -5.94. The standard InChI is InChI=1S/C51H64FN9O10S2/c1-6-72(66,67)59-21-22-60(43(31-59)38-10-8-7-9-37(38)32(2)3)35-26-51(27-35)17-19-58(20-18-51)34-11-12-39(44(23-34)71-45-25-40-41(52)30-55-46(40)56-49(45)70-5)48(62)57-73(68,69)36-24-42(61(64)65)47(54-29-36)53-28-33-13-15-50(4,63)16-14-33/h7-12,23-25,29-30,32-33,35,43,63H,6,13-22,26-28,31H2,1-5H3,(H,53,54)(H,55,56)(H,57,62)/t33?,43-,50?/m0/s1. The predicted octanol–water partition coefficient (Wildman–Crippen LogP) is 7.86. The number of carbonyl (C=O) groups is 1. The number of halogens is 1. The number of hydrogen-bond acceptors (Lipinski definition) is 15. The van der Waals surface area contributed by atoms with Crippen LogP contribution in [-0.4, -0.2) is 121 Å². The number of amides is 1. The van der Waals surface area contributed by atoms with E-state index in [0.29, 0.717) is 70.6 Å². The van der Waals surface area contributed by atoms with Crippen LogP contribution in [-0.2, 0) is 20.0 Å². The molecule has 4 fully saturated rings. The molecule has 3 aromatic heterocycles. The Bertz CT molecular complexity index is 3110. The number of fused-ring (bicyclic) bond motifs is 1. The number of nitrogens with one attached hydrogen (secondary N) is 3. The lowest BCUT2D eigenvalue weighted by Crippen LogP contribution is -2.60. The average Bonchev–Trinajstić information content (AvgIpc) is 3.72. The number of aromatic nitrogens is 3. The zero-order valence-electron chi connectivity index (χ0n) is 41.8. The van der Waals surface area contributed by atoms with Gasteiger partial charge in [0.25, 0.3) is 21.8 Å². The Morgan fingerprint density at radius 1 is 1.01 bits per heavy atom. The number of sulfonamides is 2. The number of piperazine rings is 1. The molecule has 2 saturated carbocycles. The van der Waals surface area contributed by atoms with Gasteiger partial charge < -0.3 is 29.8 Å². The van der Waals surface area contributed by atoms with Gasteiger partial charge in [-0.2, -0.15) is 9.29 Å². The number of nitrogens with zero attached hydrogens (tertiary/aromatic N) is 6. The average molecular weight is 1050 g/mol. The van der Waals surface area contributed by atoms with Gasteiger partial charge in [0.2, 0.25) is 15.8 Å². The third-order valence-corrected chi connectivity index (χ3v) is 18.7. The topological polar surface area (TPSA) is 243 Å². The smallest absolute Gasteiger partial charge is 0.312 e. The Balaban J connectivity index is 0.933. The summed E-state index contributed by atoms with van der Waals surface area (Å²) in [6, 6.07) is 15.5. The SMILES string of the molecule is CCS(=O)(=O)N1CCN(C2CC3(CCN(c4ccc(C(=O)NS(=O)(=O)c5cnc(NCC6CCC(C)(O)CC6)c([N+](=O)[O-])c5)c(Oc5cc6c(F)c[nH]c6nc5OC)c4)CC3)C2)[C@H](c2ccccc2C(C)C)C1.